The van der Waals surface area contributed by atoms with Gasteiger partial charge in [0, 0.05) is 32.2 Å². The van der Waals surface area contributed by atoms with E-state index in [4.69, 9.17) is 4.42 Å². The smallest absolute Gasteiger partial charge is 0.422 e. The number of guanidine groups is 1. The van der Waals surface area contributed by atoms with Gasteiger partial charge in [-0.25, -0.2) is 0 Å². The van der Waals surface area contributed by atoms with Crippen molar-refractivity contribution in [2.45, 2.75) is 26.1 Å². The third-order valence-electron chi connectivity index (χ3n) is 4.01. The molecule has 2 rings (SSSR count). The number of nitrogens with one attached hydrogen (secondary N) is 3. The third kappa shape index (κ3) is 9.94. The number of aryl methyl sites for hydroxylation is 1. The third-order valence-corrected chi connectivity index (χ3v) is 4.01. The summed E-state index contributed by atoms with van der Waals surface area (Å²) in [7, 11) is 1.63. The largest absolute Gasteiger partial charge is 0.484 e. The lowest BCUT2D eigenvalue weighted by molar-refractivity contribution is -0.153. The van der Waals surface area contributed by atoms with Gasteiger partial charge in [0.1, 0.15) is 5.75 Å². The van der Waals surface area contributed by atoms with Crippen LogP contribution in [0.2, 0.25) is 0 Å². The van der Waals surface area contributed by atoms with Crippen LogP contribution >= 0.6 is 24.0 Å². The van der Waals surface area contributed by atoms with Crippen LogP contribution in [0.5, 0.6) is 5.75 Å². The number of hydrogen-bond donors (Lipinski definition) is 3. The lowest BCUT2D eigenvalue weighted by atomic mass is 10.2. The highest BCUT2D eigenvalue weighted by atomic mass is 127. The molecule has 0 spiro atoms. The number of aliphatic imine (C=N–C) groups is 1. The molecule has 172 valence electrons. The van der Waals surface area contributed by atoms with Crippen molar-refractivity contribution in [3.63, 3.8) is 0 Å². The molecule has 0 unspecified atom stereocenters. The number of hydrogen-bond acceptors (Lipinski definition) is 4. The van der Waals surface area contributed by atoms with E-state index < -0.39 is 12.8 Å². The Morgan fingerprint density at radius 1 is 1.10 bits per heavy atom. The lowest BCUT2D eigenvalue weighted by Gasteiger charge is -2.13. The summed E-state index contributed by atoms with van der Waals surface area (Å²) < 4.78 is 46.3. The Balaban J connectivity index is 0.00000480. The van der Waals surface area contributed by atoms with Crippen LogP contribution in [0.25, 0.3) is 0 Å². The predicted molar refractivity (Wildman–Crippen MR) is 122 cm³/mol. The molecule has 31 heavy (non-hydrogen) atoms. The van der Waals surface area contributed by atoms with Gasteiger partial charge in [0.2, 0.25) is 0 Å². The first-order valence-electron chi connectivity index (χ1n) is 9.34. The Labute approximate surface area is 195 Å². The van der Waals surface area contributed by atoms with Crippen molar-refractivity contribution in [1.29, 1.82) is 0 Å². The van der Waals surface area contributed by atoms with Crippen LogP contribution in [-0.2, 0) is 6.54 Å². The van der Waals surface area contributed by atoms with Crippen molar-refractivity contribution in [1.82, 2.24) is 16.0 Å². The number of benzene rings is 1. The number of carbonyl (C=O) groups is 1. The van der Waals surface area contributed by atoms with E-state index in [0.717, 1.165) is 11.1 Å². The molecule has 0 saturated heterocycles. The standard InChI is InChI=1S/C20H25F3N4O3.HI/c1-14-8-11-29-17(14)18(28)25-9-3-10-26-19(24-2)27-12-15-4-6-16(7-5-15)30-13-20(21,22)23;/h4-8,11H,3,9-10,12-13H2,1-2H3,(H,25,28)(H2,24,26,27);1H. The second-order valence-electron chi connectivity index (χ2n) is 6.44. The molecule has 1 heterocycles. The lowest BCUT2D eigenvalue weighted by Crippen LogP contribution is -2.38. The number of carbonyl (C=O) groups excluding carboxylic acids is 1. The SMILES string of the molecule is CN=C(NCCCNC(=O)c1occc1C)NCc1ccc(OCC(F)(F)F)cc1.I. The second kappa shape index (κ2) is 13.1. The molecule has 0 aliphatic heterocycles. The van der Waals surface area contributed by atoms with Crippen LogP contribution in [0.3, 0.4) is 0 Å². The maximum absolute atomic E-state index is 12.2. The van der Waals surface area contributed by atoms with Crippen LogP contribution in [0.1, 0.15) is 28.1 Å². The summed E-state index contributed by atoms with van der Waals surface area (Å²) >= 11 is 0. The zero-order valence-electron chi connectivity index (χ0n) is 17.2. The van der Waals surface area contributed by atoms with E-state index in [-0.39, 0.29) is 35.6 Å². The van der Waals surface area contributed by atoms with E-state index in [2.05, 4.69) is 25.7 Å². The van der Waals surface area contributed by atoms with Gasteiger partial charge in [-0.3, -0.25) is 9.79 Å². The van der Waals surface area contributed by atoms with Gasteiger partial charge < -0.3 is 25.1 Å². The van der Waals surface area contributed by atoms with Crippen molar-refractivity contribution in [3.05, 3.63) is 53.5 Å². The molecule has 1 amide bonds. The fourth-order valence-corrected chi connectivity index (χ4v) is 2.46. The number of alkyl halides is 3. The molecule has 0 fully saturated rings. The summed E-state index contributed by atoms with van der Waals surface area (Å²) in [5, 5.41) is 9.01. The van der Waals surface area contributed by atoms with Gasteiger partial charge in [0.05, 0.1) is 6.26 Å². The Morgan fingerprint density at radius 3 is 2.35 bits per heavy atom. The Morgan fingerprint density at radius 2 is 1.77 bits per heavy atom. The van der Waals surface area contributed by atoms with Crippen LogP contribution in [0, 0.1) is 6.92 Å². The topological polar surface area (TPSA) is 87.9 Å². The van der Waals surface area contributed by atoms with Gasteiger partial charge in [-0.2, -0.15) is 13.2 Å². The van der Waals surface area contributed by atoms with Gasteiger partial charge in [0.25, 0.3) is 5.91 Å². The maximum Gasteiger partial charge on any atom is 0.422 e. The number of amides is 1. The van der Waals surface area contributed by atoms with E-state index in [1.807, 2.05) is 0 Å². The molecule has 0 aliphatic carbocycles. The minimum absolute atomic E-state index is 0. The highest BCUT2D eigenvalue weighted by Crippen LogP contribution is 2.18. The molecule has 0 radical (unpaired) electrons. The molecule has 0 saturated carbocycles. The maximum atomic E-state index is 12.2. The summed E-state index contributed by atoms with van der Waals surface area (Å²) in [5.41, 5.74) is 1.65. The summed E-state index contributed by atoms with van der Waals surface area (Å²) in [4.78, 5) is 16.0. The number of ether oxygens (including phenoxy) is 1. The average Bonchev–Trinajstić information content (AvgIpc) is 3.14. The summed E-state index contributed by atoms with van der Waals surface area (Å²) in [6.45, 7) is 1.98. The zero-order chi connectivity index (χ0) is 22.0. The minimum Gasteiger partial charge on any atom is -0.484 e. The van der Waals surface area contributed by atoms with Crippen molar-refractivity contribution < 1.29 is 27.1 Å². The highest BCUT2D eigenvalue weighted by molar-refractivity contribution is 14.0. The molecular formula is C20H26F3IN4O3. The highest BCUT2D eigenvalue weighted by Gasteiger charge is 2.28. The van der Waals surface area contributed by atoms with Gasteiger partial charge in [-0.15, -0.1) is 24.0 Å². The summed E-state index contributed by atoms with van der Waals surface area (Å²) in [6.07, 6.45) is -2.21. The molecule has 1 aromatic carbocycles. The molecule has 0 aliphatic rings. The van der Waals surface area contributed by atoms with Gasteiger partial charge in [0.15, 0.2) is 18.3 Å². The molecule has 0 bridgehead atoms. The van der Waals surface area contributed by atoms with Crippen LogP contribution in [0.4, 0.5) is 13.2 Å². The first-order valence-corrected chi connectivity index (χ1v) is 9.34. The van der Waals surface area contributed by atoms with E-state index >= 15 is 0 Å². The quantitative estimate of drug-likeness (QED) is 0.191. The van der Waals surface area contributed by atoms with Gasteiger partial charge >= 0.3 is 6.18 Å². The monoisotopic (exact) mass is 554 g/mol. The van der Waals surface area contributed by atoms with Gasteiger partial charge in [-0.05, 0) is 37.1 Å². The average molecular weight is 554 g/mol. The molecule has 1 aromatic heterocycles. The molecule has 11 heteroatoms. The number of furan rings is 1. The van der Waals surface area contributed by atoms with Crippen molar-refractivity contribution in [2.24, 2.45) is 4.99 Å². The Bertz CT molecular complexity index is 839. The van der Waals surface area contributed by atoms with Crippen molar-refractivity contribution >= 4 is 35.8 Å². The fourth-order valence-electron chi connectivity index (χ4n) is 2.46. The van der Waals surface area contributed by atoms with Crippen LogP contribution in [-0.4, -0.2) is 44.8 Å². The van der Waals surface area contributed by atoms with Crippen molar-refractivity contribution in [3.8, 4) is 5.75 Å². The molecule has 0 atom stereocenters. The van der Waals surface area contributed by atoms with Crippen LogP contribution < -0.4 is 20.7 Å². The minimum atomic E-state index is -4.36. The van der Waals surface area contributed by atoms with E-state index in [9.17, 15) is 18.0 Å². The zero-order valence-corrected chi connectivity index (χ0v) is 19.5. The first-order chi connectivity index (χ1) is 14.3. The first kappa shape index (κ1) is 26.6. The normalized spacial score (nSPS) is 11.5. The van der Waals surface area contributed by atoms with Crippen molar-refractivity contribution in [2.75, 3.05) is 26.7 Å². The number of rotatable bonds is 9. The number of nitrogens with zero attached hydrogens (tertiary/aromatic N) is 1. The second-order valence-corrected chi connectivity index (χ2v) is 6.44. The molecular weight excluding hydrogens is 528 g/mol. The van der Waals surface area contributed by atoms with E-state index in [1.54, 1.807) is 32.2 Å². The molecule has 7 nitrogen and oxygen atoms in total. The van der Waals surface area contributed by atoms with E-state index in [1.165, 1.54) is 18.4 Å². The molecule has 3 N–H and O–H groups in total. The summed E-state index contributed by atoms with van der Waals surface area (Å²) in [5.74, 6) is 0.795. The fraction of sp³-hybridized carbons (Fsp3) is 0.400. The summed E-state index contributed by atoms with van der Waals surface area (Å²) in [6, 6.07) is 8.07. The van der Waals surface area contributed by atoms with Crippen LogP contribution in [0.15, 0.2) is 46.0 Å². The predicted octanol–water partition coefficient (Wildman–Crippen LogP) is 3.63. The van der Waals surface area contributed by atoms with E-state index in [0.29, 0.717) is 37.8 Å². The Kier molecular flexibility index (Phi) is 11.2. The van der Waals surface area contributed by atoms with Gasteiger partial charge in [-0.1, -0.05) is 12.1 Å². The molecule has 2 aromatic rings. The number of halogens is 4. The Hall–Kier alpha value is -2.44.